The van der Waals surface area contributed by atoms with Crippen LogP contribution in [0, 0.1) is 0 Å². The van der Waals surface area contributed by atoms with Crippen LogP contribution >= 0.6 is 0 Å². The predicted molar refractivity (Wildman–Crippen MR) is 234 cm³/mol. The van der Waals surface area contributed by atoms with Gasteiger partial charge in [0.25, 0.3) is 5.91 Å². The van der Waals surface area contributed by atoms with E-state index < -0.39 is 5.91 Å². The first-order valence-corrected chi connectivity index (χ1v) is 19.9. The van der Waals surface area contributed by atoms with E-state index in [1.165, 1.54) is 0 Å². The molecule has 0 bridgehead atoms. The number of benzene rings is 7. The SMILES string of the molecule is COCOc1c(OCCOc2ccccc2NC(=O)c2cccc(OCc3ccccc3)c2OCc2ccccc2)ccc(OCc2ccccc2)c1OCc1ccccc1. The third-order valence-corrected chi connectivity index (χ3v) is 9.24. The second-order valence-corrected chi connectivity index (χ2v) is 13.6. The van der Waals surface area contributed by atoms with Crippen LogP contribution in [0.2, 0.25) is 0 Å². The number of amides is 1. The van der Waals surface area contributed by atoms with Crippen LogP contribution in [0.5, 0.6) is 40.2 Å². The van der Waals surface area contributed by atoms with E-state index >= 15 is 0 Å². The van der Waals surface area contributed by atoms with Crippen molar-refractivity contribution < 1.29 is 42.7 Å². The minimum absolute atomic E-state index is 0.0508. The van der Waals surface area contributed by atoms with Gasteiger partial charge in [0, 0.05) is 7.11 Å². The monoisotopic (exact) mass is 817 g/mol. The summed E-state index contributed by atoms with van der Waals surface area (Å²) >= 11 is 0. The van der Waals surface area contributed by atoms with Crippen LogP contribution < -0.4 is 38.5 Å². The lowest BCUT2D eigenvalue weighted by Gasteiger charge is -2.20. The normalized spacial score (nSPS) is 10.6. The Morgan fingerprint density at radius 1 is 0.393 bits per heavy atom. The Morgan fingerprint density at radius 3 is 1.34 bits per heavy atom. The number of hydrogen-bond donors (Lipinski definition) is 1. The highest BCUT2D eigenvalue weighted by molar-refractivity contribution is 6.07. The molecule has 1 amide bonds. The zero-order chi connectivity index (χ0) is 41.9. The summed E-state index contributed by atoms with van der Waals surface area (Å²) in [6.45, 7) is 1.36. The Kier molecular flexibility index (Phi) is 15.1. The lowest BCUT2D eigenvalue weighted by atomic mass is 10.1. The molecule has 0 fully saturated rings. The summed E-state index contributed by atoms with van der Waals surface area (Å²) in [7, 11) is 1.54. The quantitative estimate of drug-likeness (QED) is 0.0529. The molecule has 7 aromatic carbocycles. The molecule has 7 aromatic rings. The van der Waals surface area contributed by atoms with Gasteiger partial charge in [-0.15, -0.1) is 0 Å². The molecule has 0 aromatic heterocycles. The standard InChI is InChI=1S/C51H47NO9/c1-54-37-61-50-46(29-30-47(58-34-39-19-8-3-9-20-39)49(50)60-36-41-23-12-5-13-24-41)56-32-31-55-44-27-15-14-26-43(44)52-51(53)42-25-16-28-45(57-33-38-17-6-2-7-18-38)48(42)59-35-40-21-10-4-11-22-40/h2-30H,31-37H2,1H3,(H,52,53). The zero-order valence-electron chi connectivity index (χ0n) is 33.9. The molecule has 0 aliphatic heterocycles. The fraction of sp³-hybridized carbons (Fsp3) is 0.157. The number of nitrogens with one attached hydrogen (secondary N) is 1. The number of para-hydroxylation sites is 3. The number of carbonyl (C=O) groups is 1. The van der Waals surface area contributed by atoms with Gasteiger partial charge >= 0.3 is 0 Å². The number of rotatable bonds is 22. The van der Waals surface area contributed by atoms with Crippen LogP contribution in [0.25, 0.3) is 0 Å². The van der Waals surface area contributed by atoms with E-state index in [4.69, 9.17) is 37.9 Å². The molecule has 10 nitrogen and oxygen atoms in total. The molecule has 0 radical (unpaired) electrons. The molecule has 61 heavy (non-hydrogen) atoms. The maximum absolute atomic E-state index is 14.0. The fourth-order valence-corrected chi connectivity index (χ4v) is 6.22. The lowest BCUT2D eigenvalue weighted by Crippen LogP contribution is -2.16. The maximum atomic E-state index is 14.0. The molecule has 0 saturated heterocycles. The van der Waals surface area contributed by atoms with E-state index in [9.17, 15) is 4.79 Å². The van der Waals surface area contributed by atoms with Gasteiger partial charge in [0.15, 0.2) is 29.8 Å². The van der Waals surface area contributed by atoms with Gasteiger partial charge in [-0.2, -0.15) is 0 Å². The Labute approximate surface area is 356 Å². The highest BCUT2D eigenvalue weighted by Gasteiger charge is 2.22. The Bertz CT molecular complexity index is 2410. The number of anilines is 1. The second-order valence-electron chi connectivity index (χ2n) is 13.6. The van der Waals surface area contributed by atoms with Crippen LogP contribution in [0.3, 0.4) is 0 Å². The minimum Gasteiger partial charge on any atom is -0.488 e. The van der Waals surface area contributed by atoms with Crippen LogP contribution in [0.4, 0.5) is 5.69 Å². The smallest absolute Gasteiger partial charge is 0.259 e. The van der Waals surface area contributed by atoms with Crippen molar-refractivity contribution in [2.24, 2.45) is 0 Å². The summed E-state index contributed by atoms with van der Waals surface area (Å²) in [5.74, 6) is 2.46. The van der Waals surface area contributed by atoms with Gasteiger partial charge < -0.3 is 43.2 Å². The molecule has 0 saturated carbocycles. The van der Waals surface area contributed by atoms with Crippen LogP contribution in [0.1, 0.15) is 32.6 Å². The highest BCUT2D eigenvalue weighted by atomic mass is 16.7. The molecule has 0 unspecified atom stereocenters. The number of carbonyl (C=O) groups excluding carboxylic acids is 1. The van der Waals surface area contributed by atoms with Gasteiger partial charge in [0.05, 0.1) is 11.3 Å². The summed E-state index contributed by atoms with van der Waals surface area (Å²) in [6, 6.07) is 55.3. The maximum Gasteiger partial charge on any atom is 0.259 e. The van der Waals surface area contributed by atoms with Crippen molar-refractivity contribution in [2.75, 3.05) is 32.4 Å². The van der Waals surface area contributed by atoms with E-state index in [2.05, 4.69) is 5.32 Å². The number of methoxy groups -OCH3 is 1. The van der Waals surface area contributed by atoms with Crippen molar-refractivity contribution in [3.8, 4) is 40.2 Å². The van der Waals surface area contributed by atoms with Crippen molar-refractivity contribution in [3.63, 3.8) is 0 Å². The van der Waals surface area contributed by atoms with Gasteiger partial charge in [0.2, 0.25) is 11.5 Å². The van der Waals surface area contributed by atoms with Gasteiger partial charge in [-0.3, -0.25) is 4.79 Å². The highest BCUT2D eigenvalue weighted by Crippen LogP contribution is 2.45. The van der Waals surface area contributed by atoms with E-state index in [0.29, 0.717) is 64.7 Å². The fourth-order valence-electron chi connectivity index (χ4n) is 6.22. The first-order valence-electron chi connectivity index (χ1n) is 19.9. The molecule has 0 spiro atoms. The average molecular weight is 818 g/mol. The molecule has 0 aliphatic rings. The zero-order valence-corrected chi connectivity index (χ0v) is 33.9. The first kappa shape index (κ1) is 41.7. The molecule has 0 aliphatic carbocycles. The molecular formula is C51H47NO9. The van der Waals surface area contributed by atoms with Crippen LogP contribution in [0.15, 0.2) is 176 Å². The summed E-state index contributed by atoms with van der Waals surface area (Å²) in [4.78, 5) is 14.0. The van der Waals surface area contributed by atoms with E-state index in [-0.39, 0.29) is 33.2 Å². The molecule has 10 heteroatoms. The largest absolute Gasteiger partial charge is 0.488 e. The van der Waals surface area contributed by atoms with Crippen molar-refractivity contribution in [2.45, 2.75) is 26.4 Å². The van der Waals surface area contributed by atoms with Crippen molar-refractivity contribution in [1.82, 2.24) is 0 Å². The van der Waals surface area contributed by atoms with Crippen molar-refractivity contribution >= 4 is 11.6 Å². The average Bonchev–Trinajstić information content (AvgIpc) is 3.31. The van der Waals surface area contributed by atoms with Gasteiger partial charge in [-0.05, 0) is 58.7 Å². The van der Waals surface area contributed by atoms with E-state index in [1.807, 2.05) is 133 Å². The second kappa shape index (κ2) is 22.1. The summed E-state index contributed by atoms with van der Waals surface area (Å²) in [5.41, 5.74) is 4.69. The number of ether oxygens (including phenoxy) is 8. The van der Waals surface area contributed by atoms with Crippen molar-refractivity contribution in [1.29, 1.82) is 0 Å². The molecule has 310 valence electrons. The Morgan fingerprint density at radius 2 is 0.803 bits per heavy atom. The third kappa shape index (κ3) is 12.1. The van der Waals surface area contributed by atoms with Gasteiger partial charge in [-0.25, -0.2) is 0 Å². The number of hydrogen-bond acceptors (Lipinski definition) is 9. The van der Waals surface area contributed by atoms with E-state index in [1.54, 1.807) is 49.6 Å². The molecule has 0 atom stereocenters. The summed E-state index contributed by atoms with van der Waals surface area (Å²) in [5, 5.41) is 3.02. The van der Waals surface area contributed by atoms with Crippen LogP contribution in [-0.4, -0.2) is 33.0 Å². The van der Waals surface area contributed by atoms with Crippen LogP contribution in [-0.2, 0) is 31.2 Å². The van der Waals surface area contributed by atoms with Gasteiger partial charge in [-0.1, -0.05) is 140 Å². The Hall–Kier alpha value is -7.43. The molecule has 0 heterocycles. The summed E-state index contributed by atoms with van der Waals surface area (Å²) in [6.07, 6.45) is 0. The van der Waals surface area contributed by atoms with Gasteiger partial charge in [0.1, 0.15) is 45.4 Å². The topological polar surface area (TPSA) is 103 Å². The molecule has 7 rings (SSSR count). The molecular weight excluding hydrogens is 771 g/mol. The Balaban J connectivity index is 1.05. The predicted octanol–water partition coefficient (Wildman–Crippen LogP) is 10.7. The lowest BCUT2D eigenvalue weighted by molar-refractivity contribution is 0.0448. The first-order chi connectivity index (χ1) is 30.1. The summed E-state index contributed by atoms with van der Waals surface area (Å²) < 4.78 is 48.9. The van der Waals surface area contributed by atoms with Crippen molar-refractivity contribution in [3.05, 3.63) is 204 Å². The minimum atomic E-state index is -0.391. The van der Waals surface area contributed by atoms with E-state index in [0.717, 1.165) is 22.3 Å². The third-order valence-electron chi connectivity index (χ3n) is 9.24. The molecule has 1 N–H and O–H groups in total.